The smallest absolute Gasteiger partial charge is 0.352 e. The van der Waals surface area contributed by atoms with Crippen LogP contribution in [0.3, 0.4) is 0 Å². The lowest BCUT2D eigenvalue weighted by Crippen LogP contribution is -2.54. The lowest BCUT2D eigenvalue weighted by atomic mass is 9.95. The molecule has 0 spiro atoms. The highest BCUT2D eigenvalue weighted by molar-refractivity contribution is 7.92. The Balaban J connectivity index is 1.76. The van der Waals surface area contributed by atoms with Crippen molar-refractivity contribution in [2.75, 3.05) is 10.8 Å². The number of benzene rings is 3. The average molecular weight is 664 g/mol. The van der Waals surface area contributed by atoms with Crippen LogP contribution in [0.25, 0.3) is 0 Å². The van der Waals surface area contributed by atoms with Gasteiger partial charge in [-0.05, 0) is 62.1 Å². The number of alkyl halides is 3. The van der Waals surface area contributed by atoms with E-state index in [2.05, 4.69) is 5.32 Å². The third-order valence-electron chi connectivity index (χ3n) is 7.96. The molecule has 4 rings (SSSR count). The minimum Gasteiger partial charge on any atom is -0.352 e. The summed E-state index contributed by atoms with van der Waals surface area (Å²) in [5.41, 5.74) is -0.155. The molecule has 7 nitrogen and oxygen atoms in total. The highest BCUT2D eigenvalue weighted by Crippen LogP contribution is 2.38. The number of carbonyl (C=O) groups excluding carboxylic acids is 2. The molecule has 12 heteroatoms. The molecule has 1 saturated carbocycles. The first-order chi connectivity index (χ1) is 21.3. The molecule has 0 radical (unpaired) electrons. The van der Waals surface area contributed by atoms with Crippen molar-refractivity contribution in [1.82, 2.24) is 10.2 Å². The molecule has 2 amide bonds. The fraction of sp³-hybridized carbons (Fsp3) is 0.394. The van der Waals surface area contributed by atoms with Gasteiger partial charge in [0, 0.05) is 12.6 Å². The number of amides is 2. The van der Waals surface area contributed by atoms with Gasteiger partial charge in [0.25, 0.3) is 10.0 Å². The summed E-state index contributed by atoms with van der Waals surface area (Å²) in [7, 11) is -4.55. The van der Waals surface area contributed by atoms with Gasteiger partial charge < -0.3 is 10.2 Å². The van der Waals surface area contributed by atoms with Crippen molar-refractivity contribution >= 4 is 39.1 Å². The summed E-state index contributed by atoms with van der Waals surface area (Å²) in [4.78, 5) is 28.9. The van der Waals surface area contributed by atoms with Crippen LogP contribution in [0, 0.1) is 6.92 Å². The fourth-order valence-electron chi connectivity index (χ4n) is 5.50. The molecular formula is C33H37ClF3N3O4S. The SMILES string of the molecule is CC[C@H](C(=O)NC1CCCCC1)N(Cc1ccccc1)C(=O)CN(c1ccc(Cl)c(C(F)(F)F)c1)S(=O)(=O)c1ccc(C)cc1. The number of carbonyl (C=O) groups is 2. The van der Waals surface area contributed by atoms with E-state index in [1.54, 1.807) is 56.3 Å². The maximum atomic E-state index is 14.2. The molecule has 3 aromatic rings. The summed E-state index contributed by atoms with van der Waals surface area (Å²) in [5, 5.41) is 2.45. The Kier molecular flexibility index (Phi) is 11.2. The van der Waals surface area contributed by atoms with Crippen LogP contribution in [0.4, 0.5) is 18.9 Å². The van der Waals surface area contributed by atoms with E-state index in [4.69, 9.17) is 11.6 Å². The standard InChI is InChI=1S/C33H37ClF3N3O4S/c1-3-30(32(42)38-25-12-8-5-9-13-25)39(21-24-10-6-4-7-11-24)31(41)22-40(45(43,44)27-17-14-23(2)15-18-27)26-16-19-29(34)28(20-26)33(35,36)37/h4,6-7,10-11,14-20,25,30H,3,5,8-9,12-13,21-22H2,1-2H3,(H,38,42)/t30-/m1/s1. The molecule has 0 bridgehead atoms. The van der Waals surface area contributed by atoms with Crippen LogP contribution in [-0.2, 0) is 32.3 Å². The first-order valence-corrected chi connectivity index (χ1v) is 16.7. The van der Waals surface area contributed by atoms with E-state index in [1.165, 1.54) is 17.0 Å². The van der Waals surface area contributed by atoms with Gasteiger partial charge in [-0.2, -0.15) is 13.2 Å². The van der Waals surface area contributed by atoms with Crippen molar-refractivity contribution in [3.05, 3.63) is 94.5 Å². The van der Waals surface area contributed by atoms with Crippen LogP contribution < -0.4 is 9.62 Å². The van der Waals surface area contributed by atoms with Gasteiger partial charge in [-0.1, -0.05) is 85.8 Å². The summed E-state index contributed by atoms with van der Waals surface area (Å²) in [6.45, 7) is 2.65. The molecule has 0 aliphatic heterocycles. The van der Waals surface area contributed by atoms with E-state index < -0.39 is 45.3 Å². The van der Waals surface area contributed by atoms with Crippen molar-refractivity contribution in [3.8, 4) is 0 Å². The second-order valence-corrected chi connectivity index (χ2v) is 13.5. The lowest BCUT2D eigenvalue weighted by molar-refractivity contribution is -0.140. The molecule has 1 atom stereocenters. The minimum absolute atomic E-state index is 0.0108. The van der Waals surface area contributed by atoms with Crippen LogP contribution in [-0.4, -0.2) is 43.8 Å². The molecular weight excluding hydrogens is 627 g/mol. The zero-order valence-corrected chi connectivity index (χ0v) is 26.8. The molecule has 0 unspecified atom stereocenters. The first kappa shape index (κ1) is 34.3. The first-order valence-electron chi connectivity index (χ1n) is 14.9. The number of anilines is 1. The maximum Gasteiger partial charge on any atom is 0.417 e. The molecule has 0 saturated heterocycles. The van der Waals surface area contributed by atoms with Gasteiger partial charge in [0.1, 0.15) is 12.6 Å². The largest absolute Gasteiger partial charge is 0.417 e. The Morgan fingerprint density at radius 3 is 2.22 bits per heavy atom. The van der Waals surface area contributed by atoms with Gasteiger partial charge in [-0.15, -0.1) is 0 Å². The van der Waals surface area contributed by atoms with E-state index >= 15 is 0 Å². The van der Waals surface area contributed by atoms with Crippen molar-refractivity contribution in [2.45, 2.75) is 82.1 Å². The van der Waals surface area contributed by atoms with E-state index in [-0.39, 0.29) is 35.5 Å². The number of nitrogens with one attached hydrogen (secondary N) is 1. The summed E-state index contributed by atoms with van der Waals surface area (Å²) < 4.78 is 70.2. The Hall–Kier alpha value is -3.57. The zero-order chi connectivity index (χ0) is 32.8. The number of hydrogen-bond donors (Lipinski definition) is 1. The number of aryl methyl sites for hydroxylation is 1. The number of halogens is 4. The van der Waals surface area contributed by atoms with Crippen molar-refractivity contribution in [3.63, 3.8) is 0 Å². The second kappa shape index (κ2) is 14.7. The van der Waals surface area contributed by atoms with E-state index in [0.29, 0.717) is 15.9 Å². The topological polar surface area (TPSA) is 86.8 Å². The number of rotatable bonds is 11. The van der Waals surface area contributed by atoms with Crippen LogP contribution in [0.5, 0.6) is 0 Å². The number of hydrogen-bond acceptors (Lipinski definition) is 4. The molecule has 1 fully saturated rings. The summed E-state index contributed by atoms with van der Waals surface area (Å²) in [5.74, 6) is -1.10. The Labute approximate surface area is 267 Å². The van der Waals surface area contributed by atoms with Crippen LogP contribution in [0.1, 0.15) is 62.1 Å². The lowest BCUT2D eigenvalue weighted by Gasteiger charge is -2.34. The minimum atomic E-state index is -4.87. The normalized spacial score (nSPS) is 14.9. The van der Waals surface area contributed by atoms with Gasteiger partial charge >= 0.3 is 6.18 Å². The molecule has 45 heavy (non-hydrogen) atoms. The van der Waals surface area contributed by atoms with Gasteiger partial charge in [-0.25, -0.2) is 8.42 Å². The Morgan fingerprint density at radius 2 is 1.62 bits per heavy atom. The quantitative estimate of drug-likeness (QED) is 0.237. The van der Waals surface area contributed by atoms with Crippen LogP contribution in [0.15, 0.2) is 77.7 Å². The van der Waals surface area contributed by atoms with Gasteiger partial charge in [0.15, 0.2) is 0 Å². The number of nitrogens with zero attached hydrogens (tertiary/aromatic N) is 2. The predicted octanol–water partition coefficient (Wildman–Crippen LogP) is 7.12. The monoisotopic (exact) mass is 663 g/mol. The molecule has 3 aromatic carbocycles. The van der Waals surface area contributed by atoms with E-state index in [1.807, 2.05) is 0 Å². The molecule has 1 aliphatic carbocycles. The molecule has 0 heterocycles. The molecule has 242 valence electrons. The molecule has 1 N–H and O–H groups in total. The third kappa shape index (κ3) is 8.58. The molecule has 0 aromatic heterocycles. The third-order valence-corrected chi connectivity index (χ3v) is 10.1. The highest BCUT2D eigenvalue weighted by atomic mass is 35.5. The predicted molar refractivity (Wildman–Crippen MR) is 168 cm³/mol. The number of sulfonamides is 1. The van der Waals surface area contributed by atoms with Crippen LogP contribution in [0.2, 0.25) is 5.02 Å². The highest BCUT2D eigenvalue weighted by Gasteiger charge is 2.37. The second-order valence-electron chi connectivity index (χ2n) is 11.3. The average Bonchev–Trinajstić information content (AvgIpc) is 3.00. The zero-order valence-electron chi connectivity index (χ0n) is 25.2. The van der Waals surface area contributed by atoms with Crippen molar-refractivity contribution in [2.24, 2.45) is 0 Å². The van der Waals surface area contributed by atoms with E-state index in [0.717, 1.165) is 49.8 Å². The van der Waals surface area contributed by atoms with Crippen LogP contribution >= 0.6 is 11.6 Å². The fourth-order valence-corrected chi connectivity index (χ4v) is 7.13. The van der Waals surface area contributed by atoms with E-state index in [9.17, 15) is 31.2 Å². The van der Waals surface area contributed by atoms with Gasteiger partial charge in [0.05, 0.1) is 21.2 Å². The van der Waals surface area contributed by atoms with Crippen molar-refractivity contribution < 1.29 is 31.2 Å². The van der Waals surface area contributed by atoms with Gasteiger partial charge in [-0.3, -0.25) is 13.9 Å². The Morgan fingerprint density at radius 1 is 0.978 bits per heavy atom. The maximum absolute atomic E-state index is 14.2. The molecule has 1 aliphatic rings. The van der Waals surface area contributed by atoms with Gasteiger partial charge in [0.2, 0.25) is 11.8 Å². The summed E-state index contributed by atoms with van der Waals surface area (Å²) in [6, 6.07) is 16.4. The Bertz CT molecular complexity index is 1580. The summed E-state index contributed by atoms with van der Waals surface area (Å²) in [6.07, 6.45) is 0.0862. The summed E-state index contributed by atoms with van der Waals surface area (Å²) >= 11 is 5.85. The van der Waals surface area contributed by atoms with Crippen molar-refractivity contribution in [1.29, 1.82) is 0 Å².